The van der Waals surface area contributed by atoms with Gasteiger partial charge in [0.25, 0.3) is 5.91 Å². The first-order valence-corrected chi connectivity index (χ1v) is 8.93. The molecule has 4 nitrogen and oxygen atoms in total. The number of anilines is 1. The van der Waals surface area contributed by atoms with Gasteiger partial charge in [-0.3, -0.25) is 4.79 Å². The normalized spacial score (nSPS) is 10.3. The van der Waals surface area contributed by atoms with Gasteiger partial charge in [-0.15, -0.1) is 0 Å². The Balaban J connectivity index is 1.72. The molecule has 3 aromatic rings. The summed E-state index contributed by atoms with van der Waals surface area (Å²) in [5.41, 5.74) is 2.03. The van der Waals surface area contributed by atoms with Crippen LogP contribution in [0.25, 0.3) is 0 Å². The summed E-state index contributed by atoms with van der Waals surface area (Å²) in [5.74, 6) is 0.751. The second-order valence-corrected chi connectivity index (χ2v) is 6.54. The zero-order chi connectivity index (χ0) is 19.2. The standard InChI is InChI=1S/C21H17Cl2NO3/c1-26-20-11-15(21(25)24-16-8-9-17(22)18(23)12-16)7-10-19(20)27-13-14-5-3-2-4-6-14/h2-12H,13H2,1H3,(H,24,25). The van der Waals surface area contributed by atoms with Crippen LogP contribution in [-0.2, 0) is 6.61 Å². The minimum atomic E-state index is -0.290. The zero-order valence-corrected chi connectivity index (χ0v) is 16.1. The fourth-order valence-electron chi connectivity index (χ4n) is 2.44. The number of nitrogens with one attached hydrogen (secondary N) is 1. The fourth-order valence-corrected chi connectivity index (χ4v) is 2.74. The average molecular weight is 402 g/mol. The number of methoxy groups -OCH3 is 1. The molecule has 3 rings (SSSR count). The van der Waals surface area contributed by atoms with Crippen LogP contribution in [-0.4, -0.2) is 13.0 Å². The van der Waals surface area contributed by atoms with Crippen molar-refractivity contribution in [1.82, 2.24) is 0 Å². The monoisotopic (exact) mass is 401 g/mol. The van der Waals surface area contributed by atoms with Gasteiger partial charge in [-0.25, -0.2) is 0 Å². The largest absolute Gasteiger partial charge is 0.493 e. The van der Waals surface area contributed by atoms with Gasteiger partial charge < -0.3 is 14.8 Å². The Labute approximate surface area is 167 Å². The number of rotatable bonds is 6. The highest BCUT2D eigenvalue weighted by molar-refractivity contribution is 6.42. The van der Waals surface area contributed by atoms with E-state index in [4.69, 9.17) is 32.7 Å². The van der Waals surface area contributed by atoms with Crippen molar-refractivity contribution in [3.05, 3.63) is 87.9 Å². The van der Waals surface area contributed by atoms with Gasteiger partial charge >= 0.3 is 0 Å². The molecule has 6 heteroatoms. The van der Waals surface area contributed by atoms with Crippen molar-refractivity contribution >= 4 is 34.8 Å². The Morgan fingerprint density at radius 2 is 1.70 bits per heavy atom. The second-order valence-electron chi connectivity index (χ2n) is 5.72. The summed E-state index contributed by atoms with van der Waals surface area (Å²) in [6.45, 7) is 0.409. The number of hydrogen-bond acceptors (Lipinski definition) is 3. The van der Waals surface area contributed by atoms with Crippen LogP contribution in [0.4, 0.5) is 5.69 Å². The van der Waals surface area contributed by atoms with Crippen LogP contribution in [0.2, 0.25) is 10.0 Å². The van der Waals surface area contributed by atoms with Gasteiger partial charge in [0.2, 0.25) is 0 Å². The van der Waals surface area contributed by atoms with Crippen LogP contribution in [0.1, 0.15) is 15.9 Å². The molecular weight excluding hydrogens is 385 g/mol. The molecule has 0 aliphatic heterocycles. The molecule has 0 saturated heterocycles. The SMILES string of the molecule is COc1cc(C(=O)Nc2ccc(Cl)c(Cl)c2)ccc1OCc1ccccc1. The molecule has 0 heterocycles. The maximum atomic E-state index is 12.5. The zero-order valence-electron chi connectivity index (χ0n) is 14.5. The summed E-state index contributed by atoms with van der Waals surface area (Å²) in [6.07, 6.45) is 0. The summed E-state index contributed by atoms with van der Waals surface area (Å²) in [7, 11) is 1.53. The number of amides is 1. The van der Waals surface area contributed by atoms with Crippen LogP contribution in [0, 0.1) is 0 Å². The van der Waals surface area contributed by atoms with E-state index in [0.29, 0.717) is 39.4 Å². The molecular formula is C21H17Cl2NO3. The quantitative estimate of drug-likeness (QED) is 0.564. The first-order valence-electron chi connectivity index (χ1n) is 8.18. The van der Waals surface area contributed by atoms with Crippen molar-refractivity contribution in [3.8, 4) is 11.5 Å². The van der Waals surface area contributed by atoms with E-state index in [1.165, 1.54) is 7.11 Å². The van der Waals surface area contributed by atoms with Crippen molar-refractivity contribution in [2.75, 3.05) is 12.4 Å². The van der Waals surface area contributed by atoms with Crippen molar-refractivity contribution < 1.29 is 14.3 Å². The first kappa shape index (κ1) is 19.1. The van der Waals surface area contributed by atoms with Gasteiger partial charge in [0.1, 0.15) is 6.61 Å². The van der Waals surface area contributed by atoms with E-state index in [2.05, 4.69) is 5.32 Å². The number of carbonyl (C=O) groups excluding carboxylic acids is 1. The van der Waals surface area contributed by atoms with Crippen LogP contribution in [0.5, 0.6) is 11.5 Å². The van der Waals surface area contributed by atoms with Crippen molar-refractivity contribution in [2.24, 2.45) is 0 Å². The third-order valence-electron chi connectivity index (χ3n) is 3.84. The first-order chi connectivity index (χ1) is 13.1. The molecule has 138 valence electrons. The Hall–Kier alpha value is -2.69. The van der Waals surface area contributed by atoms with Gasteiger partial charge in [0.15, 0.2) is 11.5 Å². The van der Waals surface area contributed by atoms with Crippen LogP contribution in [0.15, 0.2) is 66.7 Å². The molecule has 1 N–H and O–H groups in total. The highest BCUT2D eigenvalue weighted by Gasteiger charge is 2.12. The van der Waals surface area contributed by atoms with Crippen molar-refractivity contribution in [1.29, 1.82) is 0 Å². The number of ether oxygens (including phenoxy) is 2. The highest BCUT2D eigenvalue weighted by Crippen LogP contribution is 2.30. The van der Waals surface area contributed by atoms with Gasteiger partial charge in [-0.1, -0.05) is 53.5 Å². The summed E-state index contributed by atoms with van der Waals surface area (Å²) < 4.78 is 11.2. The molecule has 0 bridgehead atoms. The predicted molar refractivity (Wildman–Crippen MR) is 108 cm³/mol. The molecule has 27 heavy (non-hydrogen) atoms. The number of hydrogen-bond donors (Lipinski definition) is 1. The highest BCUT2D eigenvalue weighted by atomic mass is 35.5. The summed E-state index contributed by atoms with van der Waals surface area (Å²) >= 11 is 11.9. The molecule has 0 aromatic heterocycles. The molecule has 0 spiro atoms. The molecule has 0 radical (unpaired) electrons. The Morgan fingerprint density at radius 1 is 0.926 bits per heavy atom. The van der Waals surface area contributed by atoms with E-state index in [9.17, 15) is 4.79 Å². The molecule has 0 saturated carbocycles. The lowest BCUT2D eigenvalue weighted by Gasteiger charge is -2.12. The van der Waals surface area contributed by atoms with Crippen molar-refractivity contribution in [3.63, 3.8) is 0 Å². The van der Waals surface area contributed by atoms with Gasteiger partial charge in [-0.2, -0.15) is 0 Å². The van der Waals surface area contributed by atoms with Crippen LogP contribution >= 0.6 is 23.2 Å². The minimum Gasteiger partial charge on any atom is -0.493 e. The van der Waals surface area contributed by atoms with Gasteiger partial charge in [0.05, 0.1) is 17.2 Å². The summed E-state index contributed by atoms with van der Waals surface area (Å²) in [6, 6.07) is 19.7. The number of halogens is 2. The third-order valence-corrected chi connectivity index (χ3v) is 4.58. The Morgan fingerprint density at radius 3 is 2.41 bits per heavy atom. The average Bonchev–Trinajstić information content (AvgIpc) is 2.69. The fraction of sp³-hybridized carbons (Fsp3) is 0.0952. The smallest absolute Gasteiger partial charge is 0.255 e. The van der Waals surface area contributed by atoms with E-state index < -0.39 is 0 Å². The molecule has 0 aliphatic carbocycles. The Kier molecular flexibility index (Phi) is 6.22. The maximum absolute atomic E-state index is 12.5. The molecule has 1 amide bonds. The molecule has 3 aromatic carbocycles. The topological polar surface area (TPSA) is 47.6 Å². The lowest BCUT2D eigenvalue weighted by molar-refractivity contribution is 0.102. The van der Waals surface area contributed by atoms with Crippen LogP contribution < -0.4 is 14.8 Å². The number of benzene rings is 3. The lowest BCUT2D eigenvalue weighted by atomic mass is 10.1. The number of carbonyl (C=O) groups is 1. The second kappa shape index (κ2) is 8.80. The van der Waals surface area contributed by atoms with E-state index >= 15 is 0 Å². The van der Waals surface area contributed by atoms with E-state index in [1.807, 2.05) is 30.3 Å². The molecule has 0 aliphatic rings. The predicted octanol–water partition coefficient (Wildman–Crippen LogP) is 5.83. The molecule has 0 fully saturated rings. The van der Waals surface area contributed by atoms with Crippen molar-refractivity contribution in [2.45, 2.75) is 6.61 Å². The van der Waals surface area contributed by atoms with Crippen LogP contribution in [0.3, 0.4) is 0 Å². The van der Waals surface area contributed by atoms with E-state index in [-0.39, 0.29) is 5.91 Å². The lowest BCUT2D eigenvalue weighted by Crippen LogP contribution is -2.12. The third kappa shape index (κ3) is 4.94. The molecule has 0 unspecified atom stereocenters. The summed E-state index contributed by atoms with van der Waals surface area (Å²) in [4.78, 5) is 12.5. The summed E-state index contributed by atoms with van der Waals surface area (Å²) in [5, 5.41) is 3.58. The van der Waals surface area contributed by atoms with E-state index in [1.54, 1.807) is 36.4 Å². The Bertz CT molecular complexity index is 945. The van der Waals surface area contributed by atoms with Gasteiger partial charge in [-0.05, 0) is 42.0 Å². The van der Waals surface area contributed by atoms with Gasteiger partial charge in [0, 0.05) is 11.3 Å². The molecule has 0 atom stereocenters. The van der Waals surface area contributed by atoms with E-state index in [0.717, 1.165) is 5.56 Å². The maximum Gasteiger partial charge on any atom is 0.255 e. The minimum absolute atomic E-state index is 0.290.